The van der Waals surface area contributed by atoms with E-state index in [-0.39, 0.29) is 6.10 Å². The van der Waals surface area contributed by atoms with Crippen LogP contribution in [-0.4, -0.2) is 16.2 Å². The molecule has 0 aliphatic heterocycles. The van der Waals surface area contributed by atoms with Crippen molar-refractivity contribution < 1.29 is 5.11 Å². The average Bonchev–Trinajstić information content (AvgIpc) is 2.34. The van der Waals surface area contributed by atoms with Crippen LogP contribution >= 0.6 is 11.3 Å². The van der Waals surface area contributed by atoms with Crippen LogP contribution < -0.4 is 0 Å². The van der Waals surface area contributed by atoms with Gasteiger partial charge in [-0.15, -0.1) is 11.3 Å². The first-order chi connectivity index (χ1) is 4.79. The minimum atomic E-state index is -0.205. The zero-order valence-corrected chi connectivity index (χ0v) is 6.77. The third-order valence-corrected chi connectivity index (χ3v) is 2.10. The zero-order valence-electron chi connectivity index (χ0n) is 5.95. The molecule has 0 saturated carbocycles. The van der Waals surface area contributed by atoms with E-state index in [1.165, 1.54) is 0 Å². The van der Waals surface area contributed by atoms with Crippen molar-refractivity contribution in [3.8, 4) is 0 Å². The van der Waals surface area contributed by atoms with Gasteiger partial charge in [0.1, 0.15) is 0 Å². The molecule has 56 valence electrons. The first kappa shape index (κ1) is 7.69. The number of aromatic nitrogens is 1. The Bertz CT molecular complexity index is 172. The van der Waals surface area contributed by atoms with Crippen LogP contribution in [-0.2, 0) is 6.42 Å². The normalized spacial score (nSPS) is 13.4. The second kappa shape index (κ2) is 3.68. The summed E-state index contributed by atoms with van der Waals surface area (Å²) in [6.07, 6.45) is 3.30. The number of aliphatic hydroxyl groups is 1. The maximum absolute atomic E-state index is 8.93. The fourth-order valence-electron chi connectivity index (χ4n) is 0.709. The number of rotatable bonds is 3. The summed E-state index contributed by atoms with van der Waals surface area (Å²) in [5, 5.41) is 12.0. The molecule has 10 heavy (non-hydrogen) atoms. The van der Waals surface area contributed by atoms with Gasteiger partial charge in [-0.05, 0) is 13.3 Å². The Hall–Kier alpha value is -0.410. The summed E-state index contributed by atoms with van der Waals surface area (Å²) < 4.78 is 0. The number of aliphatic hydroxyl groups excluding tert-OH is 1. The molecule has 3 heteroatoms. The highest BCUT2D eigenvalue weighted by atomic mass is 32.1. The number of aryl methyl sites for hydroxylation is 1. The Balaban J connectivity index is 2.28. The zero-order chi connectivity index (χ0) is 7.40. The molecule has 0 saturated heterocycles. The van der Waals surface area contributed by atoms with E-state index in [4.69, 9.17) is 5.11 Å². The van der Waals surface area contributed by atoms with Crippen LogP contribution in [0.15, 0.2) is 11.6 Å². The van der Waals surface area contributed by atoms with Gasteiger partial charge in [-0.2, -0.15) is 0 Å². The largest absolute Gasteiger partial charge is 0.393 e. The van der Waals surface area contributed by atoms with Crippen molar-refractivity contribution in [3.05, 3.63) is 16.6 Å². The van der Waals surface area contributed by atoms with Gasteiger partial charge in [-0.25, -0.2) is 4.98 Å². The molecule has 2 nitrogen and oxygen atoms in total. The summed E-state index contributed by atoms with van der Waals surface area (Å²) in [6.45, 7) is 1.80. The molecule has 1 rings (SSSR count). The van der Waals surface area contributed by atoms with E-state index >= 15 is 0 Å². The van der Waals surface area contributed by atoms with Gasteiger partial charge in [-0.3, -0.25) is 0 Å². The summed E-state index contributed by atoms with van der Waals surface area (Å²) in [4.78, 5) is 4.10. The highest BCUT2D eigenvalue weighted by Crippen LogP contribution is 2.07. The number of thiazole rings is 1. The molecule has 0 amide bonds. The molecular formula is C7H11NOS. The fraction of sp³-hybridized carbons (Fsp3) is 0.571. The van der Waals surface area contributed by atoms with E-state index < -0.39 is 0 Å². The van der Waals surface area contributed by atoms with Gasteiger partial charge in [0.25, 0.3) is 0 Å². The first-order valence-corrected chi connectivity index (χ1v) is 4.23. The minimum absolute atomic E-state index is 0.205. The van der Waals surface area contributed by atoms with Crippen molar-refractivity contribution in [3.63, 3.8) is 0 Å². The van der Waals surface area contributed by atoms with Gasteiger partial charge in [-0.1, -0.05) is 0 Å². The molecule has 0 spiro atoms. The molecule has 0 aliphatic rings. The van der Waals surface area contributed by atoms with Crippen LogP contribution in [0.1, 0.15) is 18.4 Å². The van der Waals surface area contributed by atoms with E-state index in [1.807, 2.05) is 5.38 Å². The van der Waals surface area contributed by atoms with Crippen molar-refractivity contribution in [1.82, 2.24) is 4.98 Å². The topological polar surface area (TPSA) is 33.1 Å². The molecule has 0 bridgehead atoms. The van der Waals surface area contributed by atoms with Gasteiger partial charge >= 0.3 is 0 Å². The van der Waals surface area contributed by atoms with Crippen LogP contribution in [0.2, 0.25) is 0 Å². The van der Waals surface area contributed by atoms with E-state index in [9.17, 15) is 0 Å². The van der Waals surface area contributed by atoms with Crippen LogP contribution in [0.4, 0.5) is 0 Å². The average molecular weight is 157 g/mol. The molecule has 1 heterocycles. The predicted octanol–water partition coefficient (Wildman–Crippen LogP) is 1.46. The SMILES string of the molecule is C[C@@H](O)CCc1nccs1. The Morgan fingerprint density at radius 3 is 3.10 bits per heavy atom. The molecule has 0 radical (unpaired) electrons. The number of hydrogen-bond donors (Lipinski definition) is 1. The van der Waals surface area contributed by atoms with Gasteiger partial charge < -0.3 is 5.11 Å². The van der Waals surface area contributed by atoms with Crippen molar-refractivity contribution in [2.24, 2.45) is 0 Å². The third-order valence-electron chi connectivity index (χ3n) is 1.26. The van der Waals surface area contributed by atoms with Crippen molar-refractivity contribution in [1.29, 1.82) is 0 Å². The van der Waals surface area contributed by atoms with E-state index in [0.717, 1.165) is 17.8 Å². The maximum Gasteiger partial charge on any atom is 0.0925 e. The van der Waals surface area contributed by atoms with E-state index in [2.05, 4.69) is 4.98 Å². The van der Waals surface area contributed by atoms with Gasteiger partial charge in [0.2, 0.25) is 0 Å². The number of hydrogen-bond acceptors (Lipinski definition) is 3. The lowest BCUT2D eigenvalue weighted by atomic mass is 10.2. The molecule has 0 aromatic carbocycles. The molecule has 1 aromatic heterocycles. The van der Waals surface area contributed by atoms with Gasteiger partial charge in [0, 0.05) is 18.0 Å². The molecule has 1 aromatic rings. The Morgan fingerprint density at radius 2 is 2.60 bits per heavy atom. The van der Waals surface area contributed by atoms with E-state index in [1.54, 1.807) is 24.5 Å². The van der Waals surface area contributed by atoms with Crippen LogP contribution in [0.25, 0.3) is 0 Å². The summed E-state index contributed by atoms with van der Waals surface area (Å²) in [5.74, 6) is 0. The first-order valence-electron chi connectivity index (χ1n) is 3.35. The molecule has 1 N–H and O–H groups in total. The van der Waals surface area contributed by atoms with Crippen molar-refractivity contribution >= 4 is 11.3 Å². The molecule has 1 atom stereocenters. The monoisotopic (exact) mass is 157 g/mol. The Kier molecular flexibility index (Phi) is 2.83. The molecular weight excluding hydrogens is 146 g/mol. The summed E-state index contributed by atoms with van der Waals surface area (Å²) >= 11 is 1.64. The lowest BCUT2D eigenvalue weighted by Gasteiger charge is -1.99. The quantitative estimate of drug-likeness (QED) is 0.720. The van der Waals surface area contributed by atoms with Gasteiger partial charge in [0.15, 0.2) is 0 Å². The van der Waals surface area contributed by atoms with Gasteiger partial charge in [0.05, 0.1) is 11.1 Å². The van der Waals surface area contributed by atoms with E-state index in [0.29, 0.717) is 0 Å². The second-order valence-corrected chi connectivity index (χ2v) is 3.29. The lowest BCUT2D eigenvalue weighted by Crippen LogP contribution is -2.00. The molecule has 0 fully saturated rings. The van der Waals surface area contributed by atoms with Crippen molar-refractivity contribution in [2.75, 3.05) is 0 Å². The summed E-state index contributed by atoms with van der Waals surface area (Å²) in [5.41, 5.74) is 0. The van der Waals surface area contributed by atoms with Crippen LogP contribution in [0, 0.1) is 0 Å². The second-order valence-electron chi connectivity index (χ2n) is 2.31. The summed E-state index contributed by atoms with van der Waals surface area (Å²) in [7, 11) is 0. The molecule has 0 unspecified atom stereocenters. The standard InChI is InChI=1S/C7H11NOS/c1-6(9)2-3-7-8-4-5-10-7/h4-6,9H,2-3H2,1H3/t6-/m1/s1. The number of nitrogens with zero attached hydrogens (tertiary/aromatic N) is 1. The fourth-order valence-corrected chi connectivity index (χ4v) is 1.35. The summed E-state index contributed by atoms with van der Waals surface area (Å²) in [6, 6.07) is 0. The maximum atomic E-state index is 8.93. The highest BCUT2D eigenvalue weighted by molar-refractivity contribution is 7.09. The van der Waals surface area contributed by atoms with Crippen LogP contribution in [0.5, 0.6) is 0 Å². The Labute approximate surface area is 64.5 Å². The smallest absolute Gasteiger partial charge is 0.0925 e. The van der Waals surface area contributed by atoms with Crippen LogP contribution in [0.3, 0.4) is 0 Å². The predicted molar refractivity (Wildman–Crippen MR) is 42.1 cm³/mol. The highest BCUT2D eigenvalue weighted by Gasteiger charge is 1.98. The third kappa shape index (κ3) is 2.45. The molecule has 0 aliphatic carbocycles. The van der Waals surface area contributed by atoms with Crippen molar-refractivity contribution in [2.45, 2.75) is 25.9 Å². The minimum Gasteiger partial charge on any atom is -0.393 e. The lowest BCUT2D eigenvalue weighted by molar-refractivity contribution is 0.185. The Morgan fingerprint density at radius 1 is 1.80 bits per heavy atom.